The van der Waals surface area contributed by atoms with Gasteiger partial charge in [0.25, 0.3) is 0 Å². The van der Waals surface area contributed by atoms with Crippen molar-refractivity contribution >= 4 is 29.6 Å². The lowest BCUT2D eigenvalue weighted by Gasteiger charge is -2.18. The SMILES string of the molecule is C1=CC2=Cc3ccccc3SC2S1. The standard InChI is InChI=1S/C11H8S2/c1-2-4-10-8(3-1)7-9-5-6-12-11(9)13-10/h1-7,11H. The van der Waals surface area contributed by atoms with Gasteiger partial charge in [-0.25, -0.2) is 0 Å². The molecule has 0 radical (unpaired) electrons. The molecule has 0 saturated heterocycles. The zero-order valence-electron chi connectivity index (χ0n) is 6.94. The molecule has 64 valence electrons. The van der Waals surface area contributed by atoms with Crippen molar-refractivity contribution in [1.82, 2.24) is 0 Å². The molecule has 2 heteroatoms. The number of benzene rings is 1. The van der Waals surface area contributed by atoms with Gasteiger partial charge in [-0.15, -0.1) is 23.5 Å². The molecule has 1 atom stereocenters. The molecule has 0 spiro atoms. The van der Waals surface area contributed by atoms with Crippen molar-refractivity contribution in [3.05, 3.63) is 46.9 Å². The number of thioether (sulfide) groups is 2. The highest BCUT2D eigenvalue weighted by Crippen LogP contribution is 2.46. The van der Waals surface area contributed by atoms with Crippen LogP contribution in [0.1, 0.15) is 5.56 Å². The van der Waals surface area contributed by atoms with Crippen LogP contribution in [0.2, 0.25) is 0 Å². The molecule has 3 rings (SSSR count). The minimum Gasteiger partial charge on any atom is -0.114 e. The maximum atomic E-state index is 2.30. The van der Waals surface area contributed by atoms with E-state index in [4.69, 9.17) is 0 Å². The third kappa shape index (κ3) is 1.25. The summed E-state index contributed by atoms with van der Waals surface area (Å²) in [6, 6.07) is 8.59. The highest BCUT2D eigenvalue weighted by Gasteiger charge is 2.22. The van der Waals surface area contributed by atoms with Crippen LogP contribution in [0.3, 0.4) is 0 Å². The monoisotopic (exact) mass is 204 g/mol. The van der Waals surface area contributed by atoms with E-state index in [-0.39, 0.29) is 0 Å². The Hall–Kier alpha value is -0.600. The molecule has 2 aliphatic heterocycles. The molecule has 0 amide bonds. The molecule has 0 saturated carbocycles. The van der Waals surface area contributed by atoms with Gasteiger partial charge in [-0.3, -0.25) is 0 Å². The summed E-state index contributed by atoms with van der Waals surface area (Å²) in [5.74, 6) is 0. The first-order valence-corrected chi connectivity index (χ1v) is 6.05. The number of hydrogen-bond donors (Lipinski definition) is 0. The first-order chi connectivity index (χ1) is 6.43. The predicted molar refractivity (Wildman–Crippen MR) is 60.8 cm³/mol. The molecule has 2 heterocycles. The van der Waals surface area contributed by atoms with Crippen molar-refractivity contribution in [3.8, 4) is 0 Å². The van der Waals surface area contributed by atoms with Crippen LogP contribution in [0.5, 0.6) is 0 Å². The Bertz CT molecular complexity index is 404. The number of rotatable bonds is 0. The normalized spacial score (nSPS) is 23.7. The Balaban J connectivity index is 2.14. The topological polar surface area (TPSA) is 0 Å². The van der Waals surface area contributed by atoms with Gasteiger partial charge in [0.15, 0.2) is 0 Å². The van der Waals surface area contributed by atoms with E-state index in [9.17, 15) is 0 Å². The lowest BCUT2D eigenvalue weighted by Crippen LogP contribution is -2.00. The zero-order chi connectivity index (χ0) is 8.67. The van der Waals surface area contributed by atoms with Crippen LogP contribution in [0, 0.1) is 0 Å². The summed E-state index contributed by atoms with van der Waals surface area (Å²) < 4.78 is 0.606. The molecule has 0 bridgehead atoms. The average Bonchev–Trinajstić information content (AvgIpc) is 2.61. The molecule has 1 unspecified atom stereocenters. The van der Waals surface area contributed by atoms with Crippen molar-refractivity contribution in [3.63, 3.8) is 0 Å². The van der Waals surface area contributed by atoms with E-state index in [1.807, 2.05) is 23.5 Å². The predicted octanol–water partition coefficient (Wildman–Crippen LogP) is 3.76. The first-order valence-electron chi connectivity index (χ1n) is 4.23. The molecule has 2 aliphatic rings. The molecule has 0 N–H and O–H groups in total. The van der Waals surface area contributed by atoms with E-state index in [1.54, 1.807) is 0 Å². The highest BCUT2D eigenvalue weighted by molar-refractivity contribution is 8.19. The van der Waals surface area contributed by atoms with Crippen LogP contribution >= 0.6 is 23.5 Å². The molecule has 1 aromatic rings. The second-order valence-electron chi connectivity index (χ2n) is 3.07. The molecular formula is C11H8S2. The Morgan fingerprint density at radius 3 is 3.08 bits per heavy atom. The molecule has 0 aromatic heterocycles. The van der Waals surface area contributed by atoms with Crippen molar-refractivity contribution < 1.29 is 0 Å². The van der Waals surface area contributed by atoms with E-state index in [1.165, 1.54) is 16.0 Å². The molecular weight excluding hydrogens is 196 g/mol. The summed E-state index contributed by atoms with van der Waals surface area (Å²) in [5.41, 5.74) is 2.82. The third-order valence-electron chi connectivity index (χ3n) is 2.21. The van der Waals surface area contributed by atoms with Crippen LogP contribution in [-0.2, 0) is 0 Å². The van der Waals surface area contributed by atoms with Gasteiger partial charge in [-0.05, 0) is 28.7 Å². The van der Waals surface area contributed by atoms with Gasteiger partial charge in [0, 0.05) is 4.90 Å². The maximum Gasteiger partial charge on any atom is 0.0840 e. The fourth-order valence-electron chi connectivity index (χ4n) is 1.56. The molecule has 1 aromatic carbocycles. The largest absolute Gasteiger partial charge is 0.114 e. The lowest BCUT2D eigenvalue weighted by molar-refractivity contribution is 1.36. The Morgan fingerprint density at radius 1 is 1.15 bits per heavy atom. The van der Waals surface area contributed by atoms with Crippen LogP contribution < -0.4 is 0 Å². The van der Waals surface area contributed by atoms with Gasteiger partial charge >= 0.3 is 0 Å². The van der Waals surface area contributed by atoms with Gasteiger partial charge in [-0.2, -0.15) is 0 Å². The van der Waals surface area contributed by atoms with E-state index in [2.05, 4.69) is 41.8 Å². The smallest absolute Gasteiger partial charge is 0.0840 e. The minimum atomic E-state index is 0.606. The molecule has 13 heavy (non-hydrogen) atoms. The summed E-state index contributed by atoms with van der Waals surface area (Å²) >= 11 is 3.86. The van der Waals surface area contributed by atoms with E-state index in [0.717, 1.165) is 0 Å². The molecule has 0 fully saturated rings. The van der Waals surface area contributed by atoms with Gasteiger partial charge in [0.2, 0.25) is 0 Å². The quantitative estimate of drug-likeness (QED) is 0.631. The first kappa shape index (κ1) is 7.77. The highest BCUT2D eigenvalue weighted by atomic mass is 32.2. The summed E-state index contributed by atoms with van der Waals surface area (Å²) in [5, 5.41) is 2.19. The van der Waals surface area contributed by atoms with E-state index < -0.39 is 0 Å². The summed E-state index contributed by atoms with van der Waals surface area (Å²) in [6.45, 7) is 0. The van der Waals surface area contributed by atoms with Crippen LogP contribution in [0.15, 0.2) is 46.2 Å². The summed E-state index contributed by atoms with van der Waals surface area (Å²) in [4.78, 5) is 1.41. The fraction of sp³-hybridized carbons (Fsp3) is 0.0909. The number of fused-ring (bicyclic) bond motifs is 2. The van der Waals surface area contributed by atoms with Gasteiger partial charge in [0.1, 0.15) is 0 Å². The zero-order valence-corrected chi connectivity index (χ0v) is 8.57. The van der Waals surface area contributed by atoms with E-state index >= 15 is 0 Å². The lowest BCUT2D eigenvalue weighted by atomic mass is 10.1. The van der Waals surface area contributed by atoms with Gasteiger partial charge in [-0.1, -0.05) is 24.3 Å². The average molecular weight is 204 g/mol. The van der Waals surface area contributed by atoms with Crippen molar-refractivity contribution in [2.45, 2.75) is 9.48 Å². The summed E-state index contributed by atoms with van der Waals surface area (Å²) in [7, 11) is 0. The van der Waals surface area contributed by atoms with Crippen molar-refractivity contribution in [2.75, 3.05) is 0 Å². The Labute approximate surface area is 86.1 Å². The second-order valence-corrected chi connectivity index (χ2v) is 5.53. The second kappa shape index (κ2) is 2.96. The fourth-order valence-corrected chi connectivity index (χ4v) is 3.90. The van der Waals surface area contributed by atoms with Crippen LogP contribution in [0.4, 0.5) is 0 Å². The van der Waals surface area contributed by atoms with Crippen molar-refractivity contribution in [1.29, 1.82) is 0 Å². The maximum absolute atomic E-state index is 2.30. The van der Waals surface area contributed by atoms with Crippen LogP contribution in [-0.4, -0.2) is 4.58 Å². The van der Waals surface area contributed by atoms with Gasteiger partial charge in [0.05, 0.1) is 4.58 Å². The Morgan fingerprint density at radius 2 is 2.08 bits per heavy atom. The number of hydrogen-bond acceptors (Lipinski definition) is 2. The third-order valence-corrected chi connectivity index (χ3v) is 4.76. The molecule has 0 aliphatic carbocycles. The molecule has 0 nitrogen and oxygen atoms in total. The van der Waals surface area contributed by atoms with Crippen LogP contribution in [0.25, 0.3) is 6.08 Å². The minimum absolute atomic E-state index is 0.606. The van der Waals surface area contributed by atoms with Crippen molar-refractivity contribution in [2.24, 2.45) is 0 Å². The Kier molecular flexibility index (Phi) is 1.77. The summed E-state index contributed by atoms with van der Waals surface area (Å²) in [6.07, 6.45) is 4.52. The van der Waals surface area contributed by atoms with Gasteiger partial charge < -0.3 is 0 Å². The number of allylic oxidation sites excluding steroid dienone is 1. The van der Waals surface area contributed by atoms with E-state index in [0.29, 0.717) is 4.58 Å².